The Morgan fingerprint density at radius 2 is 1.41 bits per heavy atom. The second-order valence-electron chi connectivity index (χ2n) is 6.87. The van der Waals surface area contributed by atoms with E-state index in [1.165, 1.54) is 17.3 Å². The lowest BCUT2D eigenvalue weighted by atomic mass is 10.1. The number of anilines is 2. The first-order valence-electron chi connectivity index (χ1n) is 9.43. The van der Waals surface area contributed by atoms with E-state index >= 15 is 0 Å². The van der Waals surface area contributed by atoms with Gasteiger partial charge in [-0.2, -0.15) is 0 Å². The fourth-order valence-electron chi connectivity index (χ4n) is 2.79. The molecule has 0 saturated carbocycles. The van der Waals surface area contributed by atoms with Crippen molar-refractivity contribution in [2.45, 2.75) is 25.2 Å². The number of hydrogen-bond acceptors (Lipinski definition) is 3. The van der Waals surface area contributed by atoms with Crippen LogP contribution >= 0.6 is 11.8 Å². The minimum Gasteiger partial charge on any atom is -0.326 e. The SMILES string of the molecule is Cc1ccc(NC(=O)CSc2ccc(NC(=O)Cc3ccccc3)cc2)cc1C. The Hall–Kier alpha value is -3.05. The van der Waals surface area contributed by atoms with Crippen LogP contribution in [0.4, 0.5) is 11.4 Å². The maximum Gasteiger partial charge on any atom is 0.234 e. The van der Waals surface area contributed by atoms with Crippen LogP contribution in [-0.2, 0) is 16.0 Å². The van der Waals surface area contributed by atoms with Crippen molar-refractivity contribution in [2.24, 2.45) is 0 Å². The predicted octanol–water partition coefficient (Wildman–Crippen LogP) is 5.22. The fraction of sp³-hybridized carbons (Fsp3) is 0.167. The molecule has 0 saturated heterocycles. The summed E-state index contributed by atoms with van der Waals surface area (Å²) in [5.41, 5.74) is 4.89. The fourth-order valence-corrected chi connectivity index (χ4v) is 3.48. The largest absolute Gasteiger partial charge is 0.326 e. The first-order valence-corrected chi connectivity index (χ1v) is 10.4. The second kappa shape index (κ2) is 9.94. The highest BCUT2D eigenvalue weighted by Crippen LogP contribution is 2.21. The first-order chi connectivity index (χ1) is 14.0. The normalized spacial score (nSPS) is 10.4. The average molecular weight is 405 g/mol. The van der Waals surface area contributed by atoms with Gasteiger partial charge in [0.2, 0.25) is 11.8 Å². The third kappa shape index (κ3) is 6.50. The van der Waals surface area contributed by atoms with Crippen LogP contribution in [0.1, 0.15) is 16.7 Å². The topological polar surface area (TPSA) is 58.2 Å². The zero-order valence-corrected chi connectivity index (χ0v) is 17.4. The van der Waals surface area contributed by atoms with Gasteiger partial charge in [-0.1, -0.05) is 36.4 Å². The van der Waals surface area contributed by atoms with Crippen molar-refractivity contribution in [1.82, 2.24) is 0 Å². The molecule has 0 aromatic heterocycles. The van der Waals surface area contributed by atoms with Crippen molar-refractivity contribution in [3.8, 4) is 0 Å². The molecular formula is C24H24N2O2S. The van der Waals surface area contributed by atoms with Crippen molar-refractivity contribution >= 4 is 35.0 Å². The molecule has 2 amide bonds. The number of benzene rings is 3. The third-order valence-corrected chi connectivity index (χ3v) is 5.52. The first kappa shape index (κ1) is 20.7. The molecule has 0 fully saturated rings. The Balaban J connectivity index is 1.46. The van der Waals surface area contributed by atoms with Gasteiger partial charge in [-0.05, 0) is 66.9 Å². The summed E-state index contributed by atoms with van der Waals surface area (Å²) < 4.78 is 0. The molecule has 0 heterocycles. The van der Waals surface area contributed by atoms with Crippen LogP contribution in [0.3, 0.4) is 0 Å². The van der Waals surface area contributed by atoms with Gasteiger partial charge in [0.1, 0.15) is 0 Å². The Morgan fingerprint density at radius 1 is 0.759 bits per heavy atom. The summed E-state index contributed by atoms with van der Waals surface area (Å²) in [5.74, 6) is 0.231. The number of nitrogens with one attached hydrogen (secondary N) is 2. The summed E-state index contributed by atoms with van der Waals surface area (Å²) in [6, 6.07) is 23.1. The summed E-state index contributed by atoms with van der Waals surface area (Å²) in [4.78, 5) is 25.3. The van der Waals surface area contributed by atoms with E-state index in [1.807, 2.05) is 86.6 Å². The summed E-state index contributed by atoms with van der Waals surface area (Å²) in [6.07, 6.45) is 0.343. The molecule has 0 unspecified atom stereocenters. The number of thioether (sulfide) groups is 1. The van der Waals surface area contributed by atoms with Gasteiger partial charge in [-0.25, -0.2) is 0 Å². The highest BCUT2D eigenvalue weighted by atomic mass is 32.2. The van der Waals surface area contributed by atoms with Gasteiger partial charge in [-0.3, -0.25) is 9.59 Å². The van der Waals surface area contributed by atoms with E-state index in [0.29, 0.717) is 12.2 Å². The molecule has 4 nitrogen and oxygen atoms in total. The van der Waals surface area contributed by atoms with E-state index in [1.54, 1.807) is 0 Å². The van der Waals surface area contributed by atoms with Gasteiger partial charge in [0, 0.05) is 16.3 Å². The van der Waals surface area contributed by atoms with E-state index in [2.05, 4.69) is 10.6 Å². The maximum absolute atomic E-state index is 12.2. The Labute approximate surface area is 175 Å². The van der Waals surface area contributed by atoms with E-state index < -0.39 is 0 Å². The van der Waals surface area contributed by atoms with Crippen LogP contribution in [0.25, 0.3) is 0 Å². The third-order valence-electron chi connectivity index (χ3n) is 4.51. The Kier molecular flexibility index (Phi) is 7.09. The number of amides is 2. The molecule has 3 aromatic rings. The summed E-state index contributed by atoms with van der Waals surface area (Å²) in [6.45, 7) is 4.07. The quantitative estimate of drug-likeness (QED) is 0.531. The van der Waals surface area contributed by atoms with Crippen molar-refractivity contribution in [3.05, 3.63) is 89.5 Å². The standard InChI is InChI=1S/C24H24N2O2S/c1-17-8-9-21(14-18(17)2)26-24(28)16-29-22-12-10-20(11-13-22)25-23(27)15-19-6-4-3-5-7-19/h3-14H,15-16H2,1-2H3,(H,25,27)(H,26,28). The van der Waals surface area contributed by atoms with E-state index in [4.69, 9.17) is 0 Å². The van der Waals surface area contributed by atoms with Crippen molar-refractivity contribution in [1.29, 1.82) is 0 Å². The molecule has 29 heavy (non-hydrogen) atoms. The van der Waals surface area contributed by atoms with Crippen molar-refractivity contribution in [2.75, 3.05) is 16.4 Å². The Bertz CT molecular complexity index is 986. The predicted molar refractivity (Wildman–Crippen MR) is 120 cm³/mol. The number of aryl methyl sites for hydroxylation is 2. The van der Waals surface area contributed by atoms with Gasteiger partial charge in [0.25, 0.3) is 0 Å². The van der Waals surface area contributed by atoms with Crippen molar-refractivity contribution in [3.63, 3.8) is 0 Å². The van der Waals surface area contributed by atoms with E-state index in [9.17, 15) is 9.59 Å². The van der Waals surface area contributed by atoms with Crippen LogP contribution in [0.2, 0.25) is 0 Å². The monoisotopic (exact) mass is 404 g/mol. The number of carbonyl (C=O) groups excluding carboxylic acids is 2. The van der Waals surface area contributed by atoms with Crippen LogP contribution < -0.4 is 10.6 Å². The van der Waals surface area contributed by atoms with Crippen LogP contribution in [0, 0.1) is 13.8 Å². The molecule has 0 atom stereocenters. The minimum absolute atomic E-state index is 0.0431. The molecule has 0 spiro atoms. The zero-order valence-electron chi connectivity index (χ0n) is 16.6. The Morgan fingerprint density at radius 3 is 2.10 bits per heavy atom. The molecule has 148 valence electrons. The highest BCUT2D eigenvalue weighted by molar-refractivity contribution is 8.00. The summed E-state index contributed by atoms with van der Waals surface area (Å²) >= 11 is 1.46. The molecular weight excluding hydrogens is 380 g/mol. The lowest BCUT2D eigenvalue weighted by Crippen LogP contribution is -2.14. The van der Waals surface area contributed by atoms with Gasteiger partial charge in [0.15, 0.2) is 0 Å². The number of rotatable bonds is 7. The number of carbonyl (C=O) groups is 2. The second-order valence-corrected chi connectivity index (χ2v) is 7.92. The molecule has 0 aliphatic heterocycles. The number of hydrogen-bond donors (Lipinski definition) is 2. The van der Waals surface area contributed by atoms with Gasteiger partial charge in [0.05, 0.1) is 12.2 Å². The molecule has 0 radical (unpaired) electrons. The molecule has 0 bridgehead atoms. The minimum atomic E-state index is -0.0515. The highest BCUT2D eigenvalue weighted by Gasteiger charge is 2.07. The van der Waals surface area contributed by atoms with E-state index in [-0.39, 0.29) is 11.8 Å². The van der Waals surface area contributed by atoms with Crippen LogP contribution in [-0.4, -0.2) is 17.6 Å². The molecule has 0 aliphatic rings. The van der Waals surface area contributed by atoms with E-state index in [0.717, 1.165) is 27.4 Å². The molecule has 0 aliphatic carbocycles. The lowest BCUT2D eigenvalue weighted by Gasteiger charge is -2.08. The lowest BCUT2D eigenvalue weighted by molar-refractivity contribution is -0.115. The smallest absolute Gasteiger partial charge is 0.234 e. The van der Waals surface area contributed by atoms with Crippen molar-refractivity contribution < 1.29 is 9.59 Å². The maximum atomic E-state index is 12.2. The van der Waals surface area contributed by atoms with Gasteiger partial charge < -0.3 is 10.6 Å². The van der Waals surface area contributed by atoms with Gasteiger partial charge in [-0.15, -0.1) is 11.8 Å². The average Bonchev–Trinajstić information content (AvgIpc) is 2.71. The molecule has 3 aromatic carbocycles. The van der Waals surface area contributed by atoms with Gasteiger partial charge >= 0.3 is 0 Å². The molecule has 5 heteroatoms. The van der Waals surface area contributed by atoms with Crippen LogP contribution in [0.5, 0.6) is 0 Å². The molecule has 3 rings (SSSR count). The zero-order chi connectivity index (χ0) is 20.6. The summed E-state index contributed by atoms with van der Waals surface area (Å²) in [7, 11) is 0. The van der Waals surface area contributed by atoms with Crippen LogP contribution in [0.15, 0.2) is 77.7 Å². The summed E-state index contributed by atoms with van der Waals surface area (Å²) in [5, 5.41) is 5.82. The molecule has 2 N–H and O–H groups in total.